The second-order valence-electron chi connectivity index (χ2n) is 3.39. The fraction of sp³-hybridized carbons (Fsp3) is 0.0909. The topological polar surface area (TPSA) is 86.2 Å². The lowest BCUT2D eigenvalue weighted by Crippen LogP contribution is -2.17. The van der Waals surface area contributed by atoms with Gasteiger partial charge in [-0.2, -0.15) is 0 Å². The summed E-state index contributed by atoms with van der Waals surface area (Å²) in [5.74, 6) is 3.02. The van der Waals surface area contributed by atoms with E-state index in [1.54, 1.807) is 24.3 Å². The molecule has 5 heteroatoms. The molecule has 0 bridgehead atoms. The Balaban J connectivity index is 2.94. The van der Waals surface area contributed by atoms with Crippen LogP contribution in [0.25, 0.3) is 0 Å². The van der Waals surface area contributed by atoms with Crippen LogP contribution >= 0.6 is 0 Å². The Kier molecular flexibility index (Phi) is 3.73. The van der Waals surface area contributed by atoms with E-state index in [9.17, 15) is 9.00 Å². The molecule has 1 unspecified atom stereocenters. The van der Waals surface area contributed by atoms with Gasteiger partial charge in [-0.15, -0.1) is 0 Å². The summed E-state index contributed by atoms with van der Waals surface area (Å²) >= 11 is 0. The molecule has 0 aromatic heterocycles. The molecule has 1 aromatic carbocycles. The van der Waals surface area contributed by atoms with E-state index in [0.717, 1.165) is 6.08 Å². The number of hydrogen-bond donors (Lipinski definition) is 2. The quantitative estimate of drug-likeness (QED) is 0.575. The lowest BCUT2D eigenvalue weighted by molar-refractivity contribution is -0.113. The van der Waals surface area contributed by atoms with Crippen LogP contribution in [0.15, 0.2) is 47.0 Å². The maximum atomic E-state index is 12.2. The summed E-state index contributed by atoms with van der Waals surface area (Å²) in [5.41, 5.74) is 10.7. The summed E-state index contributed by atoms with van der Waals surface area (Å²) in [5, 5.41) is 0. The summed E-state index contributed by atoms with van der Waals surface area (Å²) in [6, 6.07) is 8.80. The number of hydrogen-bond acceptors (Lipinski definition) is 3. The molecule has 0 spiro atoms. The standard InChI is InChI=1S/C11H14N2O2S/c1-16(15,8-9(12)7-11(13)14)10-5-3-2-4-6-10/h2-7H,1,8,12H2,(H2,13,14)/b9-7-. The third-order valence-corrected chi connectivity index (χ3v) is 3.83. The number of carbonyl (C=O) groups excluding carboxylic acids is 1. The number of nitrogens with two attached hydrogens (primary N) is 2. The molecule has 0 aliphatic heterocycles. The minimum Gasteiger partial charge on any atom is -0.401 e. The molecule has 0 saturated heterocycles. The van der Waals surface area contributed by atoms with Crippen LogP contribution < -0.4 is 11.5 Å². The van der Waals surface area contributed by atoms with Crippen LogP contribution in [0, 0.1) is 0 Å². The highest BCUT2D eigenvalue weighted by Crippen LogP contribution is 2.11. The highest BCUT2D eigenvalue weighted by molar-refractivity contribution is 8.00. The maximum Gasteiger partial charge on any atom is 0.243 e. The van der Waals surface area contributed by atoms with Crippen molar-refractivity contribution in [3.8, 4) is 0 Å². The summed E-state index contributed by atoms with van der Waals surface area (Å²) in [7, 11) is -2.51. The van der Waals surface area contributed by atoms with Crippen molar-refractivity contribution in [3.63, 3.8) is 0 Å². The first kappa shape index (κ1) is 12.3. The van der Waals surface area contributed by atoms with Crippen molar-refractivity contribution in [1.29, 1.82) is 0 Å². The van der Waals surface area contributed by atoms with E-state index in [1.165, 1.54) is 0 Å². The summed E-state index contributed by atoms with van der Waals surface area (Å²) in [4.78, 5) is 11.2. The fourth-order valence-electron chi connectivity index (χ4n) is 1.25. The molecule has 0 aliphatic carbocycles. The Morgan fingerprint density at radius 2 is 1.88 bits per heavy atom. The molecule has 4 nitrogen and oxygen atoms in total. The average Bonchev–Trinajstić information content (AvgIpc) is 2.16. The van der Waals surface area contributed by atoms with Gasteiger partial charge in [0, 0.05) is 26.2 Å². The first-order valence-corrected chi connectivity index (χ1v) is 6.47. The Bertz CT molecular complexity index is 504. The van der Waals surface area contributed by atoms with Crippen LogP contribution in [0.4, 0.5) is 0 Å². The van der Waals surface area contributed by atoms with Crippen molar-refractivity contribution in [2.75, 3.05) is 5.75 Å². The van der Waals surface area contributed by atoms with E-state index in [1.807, 2.05) is 6.07 Å². The van der Waals surface area contributed by atoms with Gasteiger partial charge in [0.05, 0.1) is 5.75 Å². The Labute approximate surface area is 95.0 Å². The van der Waals surface area contributed by atoms with Crippen molar-refractivity contribution >= 4 is 21.3 Å². The van der Waals surface area contributed by atoms with E-state index < -0.39 is 15.4 Å². The van der Waals surface area contributed by atoms with Gasteiger partial charge >= 0.3 is 0 Å². The van der Waals surface area contributed by atoms with Crippen molar-refractivity contribution in [2.45, 2.75) is 4.90 Å². The Morgan fingerprint density at radius 1 is 1.31 bits per heavy atom. The van der Waals surface area contributed by atoms with Gasteiger partial charge in [0.25, 0.3) is 0 Å². The summed E-state index contributed by atoms with van der Waals surface area (Å²) in [6.45, 7) is 0. The van der Waals surface area contributed by atoms with Crippen LogP contribution in [0.3, 0.4) is 0 Å². The monoisotopic (exact) mass is 238 g/mol. The van der Waals surface area contributed by atoms with E-state index >= 15 is 0 Å². The minimum absolute atomic E-state index is 0.0277. The van der Waals surface area contributed by atoms with E-state index in [2.05, 4.69) is 5.87 Å². The van der Waals surface area contributed by atoms with Gasteiger partial charge in [0.2, 0.25) is 5.91 Å². The second kappa shape index (κ2) is 4.85. The highest BCUT2D eigenvalue weighted by Gasteiger charge is 2.08. The molecule has 0 heterocycles. The molecule has 0 radical (unpaired) electrons. The smallest absolute Gasteiger partial charge is 0.243 e. The number of carbonyl (C=O) groups is 1. The number of primary amides is 1. The molecule has 4 N–H and O–H groups in total. The van der Waals surface area contributed by atoms with Crippen LogP contribution in [0.5, 0.6) is 0 Å². The van der Waals surface area contributed by atoms with Crippen LogP contribution in [-0.4, -0.2) is 21.7 Å². The van der Waals surface area contributed by atoms with Gasteiger partial charge < -0.3 is 11.5 Å². The zero-order valence-corrected chi connectivity index (χ0v) is 9.57. The van der Waals surface area contributed by atoms with Gasteiger partial charge in [0.15, 0.2) is 0 Å². The predicted octanol–water partition coefficient (Wildman–Crippen LogP) is 0.0898. The molecule has 1 aromatic rings. The normalized spacial score (nSPS) is 15.4. The van der Waals surface area contributed by atoms with Gasteiger partial charge in [-0.3, -0.25) is 9.00 Å². The van der Waals surface area contributed by atoms with Crippen LogP contribution in [0.1, 0.15) is 0 Å². The number of amides is 1. The number of rotatable bonds is 4. The minimum atomic E-state index is -2.51. The maximum absolute atomic E-state index is 12.2. The van der Waals surface area contributed by atoms with Crippen molar-refractivity contribution in [2.24, 2.45) is 11.5 Å². The van der Waals surface area contributed by atoms with Gasteiger partial charge in [-0.25, -0.2) is 0 Å². The molecular weight excluding hydrogens is 224 g/mol. The zero-order valence-electron chi connectivity index (χ0n) is 8.76. The molecule has 16 heavy (non-hydrogen) atoms. The SMILES string of the molecule is C=S(=O)(C/C(N)=C/C(N)=O)c1ccccc1. The van der Waals surface area contributed by atoms with Gasteiger partial charge in [-0.05, 0) is 18.0 Å². The molecular formula is C11H14N2O2S. The van der Waals surface area contributed by atoms with Crippen molar-refractivity contribution in [3.05, 3.63) is 42.1 Å². The van der Waals surface area contributed by atoms with Gasteiger partial charge in [-0.1, -0.05) is 18.2 Å². The fourth-order valence-corrected chi connectivity index (χ4v) is 2.69. The van der Waals surface area contributed by atoms with Crippen LogP contribution in [-0.2, 0) is 14.3 Å². The van der Waals surface area contributed by atoms with Crippen molar-refractivity contribution < 1.29 is 9.00 Å². The Morgan fingerprint density at radius 3 is 2.38 bits per heavy atom. The summed E-state index contributed by atoms with van der Waals surface area (Å²) < 4.78 is 12.2. The first-order valence-electron chi connectivity index (χ1n) is 4.57. The Hall–Kier alpha value is -1.75. The van der Waals surface area contributed by atoms with E-state index in [4.69, 9.17) is 11.5 Å². The van der Waals surface area contributed by atoms with E-state index in [0.29, 0.717) is 4.90 Å². The molecule has 0 fully saturated rings. The molecule has 86 valence electrons. The molecule has 1 rings (SSSR count). The van der Waals surface area contributed by atoms with Gasteiger partial charge in [0.1, 0.15) is 0 Å². The molecule has 1 atom stereocenters. The predicted molar refractivity (Wildman–Crippen MR) is 66.3 cm³/mol. The van der Waals surface area contributed by atoms with Crippen LogP contribution in [0.2, 0.25) is 0 Å². The third kappa shape index (κ3) is 3.43. The molecule has 1 amide bonds. The third-order valence-electron chi connectivity index (χ3n) is 1.90. The second-order valence-corrected chi connectivity index (χ2v) is 5.77. The van der Waals surface area contributed by atoms with Crippen molar-refractivity contribution in [1.82, 2.24) is 0 Å². The lowest BCUT2D eigenvalue weighted by Gasteiger charge is -2.08. The average molecular weight is 238 g/mol. The molecule has 0 aliphatic rings. The van der Waals surface area contributed by atoms with E-state index in [-0.39, 0.29) is 11.4 Å². The highest BCUT2D eigenvalue weighted by atomic mass is 32.2. The zero-order chi connectivity index (χ0) is 12.2. The molecule has 0 saturated carbocycles. The first-order chi connectivity index (χ1) is 7.42. The largest absolute Gasteiger partial charge is 0.401 e. The summed E-state index contributed by atoms with van der Waals surface area (Å²) in [6.07, 6.45) is 1.06. The lowest BCUT2D eigenvalue weighted by atomic mass is 10.4. The number of benzene rings is 1.